The number of benzene rings is 2. The third-order valence-electron chi connectivity index (χ3n) is 4.38. The van der Waals surface area contributed by atoms with Crippen LogP contribution < -0.4 is 10.3 Å². The fraction of sp³-hybridized carbons (Fsp3) is 0.182. The summed E-state index contributed by atoms with van der Waals surface area (Å²) < 4.78 is 5.16. The van der Waals surface area contributed by atoms with Crippen molar-refractivity contribution >= 4 is 41.0 Å². The molecule has 0 aliphatic rings. The van der Waals surface area contributed by atoms with Crippen molar-refractivity contribution in [2.75, 3.05) is 12.9 Å². The van der Waals surface area contributed by atoms with Gasteiger partial charge in [0.15, 0.2) is 5.16 Å². The number of halogens is 2. The van der Waals surface area contributed by atoms with Crippen molar-refractivity contribution in [2.24, 2.45) is 0 Å². The van der Waals surface area contributed by atoms with Gasteiger partial charge in [-0.2, -0.15) is 0 Å². The fourth-order valence-electron chi connectivity index (χ4n) is 2.69. The summed E-state index contributed by atoms with van der Waals surface area (Å²) >= 11 is 14.0. The average molecular weight is 447 g/mol. The van der Waals surface area contributed by atoms with E-state index >= 15 is 0 Å². The van der Waals surface area contributed by atoms with Gasteiger partial charge in [-0.25, -0.2) is 4.98 Å². The number of nitrogens with one attached hydrogen (secondary N) is 1. The number of H-pyrrole nitrogens is 1. The van der Waals surface area contributed by atoms with E-state index in [4.69, 9.17) is 27.9 Å². The Balaban J connectivity index is 1.71. The van der Waals surface area contributed by atoms with Gasteiger partial charge in [0.1, 0.15) is 5.75 Å². The molecule has 0 amide bonds. The quantitative estimate of drug-likeness (QED) is 0.368. The summed E-state index contributed by atoms with van der Waals surface area (Å²) in [6.45, 7) is 1.75. The highest BCUT2D eigenvalue weighted by molar-refractivity contribution is 7.99. The van der Waals surface area contributed by atoms with Crippen molar-refractivity contribution in [2.45, 2.75) is 18.5 Å². The predicted octanol–water partition coefficient (Wildman–Crippen LogP) is 5.79. The molecule has 150 valence electrons. The van der Waals surface area contributed by atoms with Crippen LogP contribution >= 0.6 is 35.0 Å². The topological polar surface area (TPSA) is 55.0 Å². The molecule has 0 radical (unpaired) electrons. The van der Waals surface area contributed by atoms with Crippen molar-refractivity contribution in [3.8, 4) is 5.75 Å². The Morgan fingerprint density at radius 2 is 1.83 bits per heavy atom. The average Bonchev–Trinajstić information content (AvgIpc) is 2.72. The minimum atomic E-state index is -0.153. The molecular weight excluding hydrogens is 427 g/mol. The van der Waals surface area contributed by atoms with Gasteiger partial charge in [-0.3, -0.25) is 4.79 Å². The Morgan fingerprint density at radius 3 is 2.48 bits per heavy atom. The molecule has 0 spiro atoms. The summed E-state index contributed by atoms with van der Waals surface area (Å²) in [5.41, 5.74) is 2.93. The Bertz CT molecular complexity index is 1060. The first kappa shape index (κ1) is 21.5. The molecule has 0 bridgehead atoms. The predicted molar refractivity (Wildman–Crippen MR) is 122 cm³/mol. The number of hydrogen-bond donors (Lipinski definition) is 1. The monoisotopic (exact) mass is 446 g/mol. The number of rotatable bonds is 7. The molecule has 1 aromatic heterocycles. The number of nitrogens with zero attached hydrogens (tertiary/aromatic N) is 1. The Hall–Kier alpha value is -2.21. The van der Waals surface area contributed by atoms with Crippen LogP contribution in [0.25, 0.3) is 6.08 Å². The van der Waals surface area contributed by atoms with Crippen LogP contribution in [-0.2, 0) is 6.42 Å². The van der Waals surface area contributed by atoms with Crippen molar-refractivity contribution in [3.63, 3.8) is 0 Å². The molecule has 29 heavy (non-hydrogen) atoms. The van der Waals surface area contributed by atoms with E-state index in [0.717, 1.165) is 16.9 Å². The van der Waals surface area contributed by atoms with Crippen LogP contribution in [0.2, 0.25) is 10.0 Å². The van der Waals surface area contributed by atoms with Crippen LogP contribution in [0, 0.1) is 6.92 Å². The molecule has 2 aromatic carbocycles. The van der Waals surface area contributed by atoms with Gasteiger partial charge in [0.2, 0.25) is 0 Å². The maximum atomic E-state index is 12.3. The second-order valence-electron chi connectivity index (χ2n) is 6.31. The van der Waals surface area contributed by atoms with Crippen LogP contribution in [0.3, 0.4) is 0 Å². The number of thioether (sulfide) groups is 1. The molecule has 3 rings (SSSR count). The summed E-state index contributed by atoms with van der Waals surface area (Å²) in [6, 6.07) is 13.2. The maximum absolute atomic E-state index is 12.3. The van der Waals surface area contributed by atoms with Crippen molar-refractivity contribution in [3.05, 3.63) is 91.3 Å². The second kappa shape index (κ2) is 10.0. The second-order valence-corrected chi connectivity index (χ2v) is 8.13. The first-order valence-corrected chi connectivity index (χ1v) is 10.7. The molecule has 0 fully saturated rings. The molecule has 1 N–H and O–H groups in total. The van der Waals surface area contributed by atoms with E-state index in [1.807, 2.05) is 36.4 Å². The Kier molecular flexibility index (Phi) is 7.42. The number of methoxy groups -OCH3 is 1. The molecule has 7 heteroatoms. The van der Waals surface area contributed by atoms with E-state index < -0.39 is 0 Å². The molecule has 1 heterocycles. The number of ether oxygens (including phenoxy) is 1. The van der Waals surface area contributed by atoms with E-state index in [1.165, 1.54) is 11.8 Å². The molecule has 4 nitrogen and oxygen atoms in total. The molecule has 3 aromatic rings. The van der Waals surface area contributed by atoms with Crippen LogP contribution in [-0.4, -0.2) is 22.8 Å². The lowest BCUT2D eigenvalue weighted by Gasteiger charge is -2.10. The highest BCUT2D eigenvalue weighted by Crippen LogP contribution is 2.27. The van der Waals surface area contributed by atoms with Crippen molar-refractivity contribution < 1.29 is 4.74 Å². The van der Waals surface area contributed by atoms with E-state index in [1.54, 1.807) is 32.2 Å². The molecule has 0 saturated heterocycles. The lowest BCUT2D eigenvalue weighted by Crippen LogP contribution is -2.16. The number of aromatic nitrogens is 2. The summed E-state index contributed by atoms with van der Waals surface area (Å²) in [5.74, 6) is 1.49. The van der Waals surface area contributed by atoms with E-state index in [2.05, 4.69) is 9.97 Å². The third-order valence-corrected chi connectivity index (χ3v) is 5.91. The lowest BCUT2D eigenvalue weighted by atomic mass is 10.1. The minimum Gasteiger partial charge on any atom is -0.497 e. The van der Waals surface area contributed by atoms with Crippen molar-refractivity contribution in [1.82, 2.24) is 9.97 Å². The molecular formula is C22H20Cl2N2O2S. The molecule has 0 aliphatic heterocycles. The van der Waals surface area contributed by atoms with Gasteiger partial charge in [0.05, 0.1) is 12.8 Å². The van der Waals surface area contributed by atoms with Gasteiger partial charge in [-0.05, 0) is 42.3 Å². The van der Waals surface area contributed by atoms with E-state index in [-0.39, 0.29) is 5.56 Å². The van der Waals surface area contributed by atoms with Gasteiger partial charge in [0.25, 0.3) is 5.56 Å². The van der Waals surface area contributed by atoms with Crippen LogP contribution in [0.15, 0.2) is 58.5 Å². The fourth-order valence-corrected chi connectivity index (χ4v) is 3.91. The Morgan fingerprint density at radius 1 is 1.14 bits per heavy atom. The zero-order valence-electron chi connectivity index (χ0n) is 16.0. The van der Waals surface area contributed by atoms with Gasteiger partial charge >= 0.3 is 0 Å². The number of aromatic amines is 1. The first-order chi connectivity index (χ1) is 14.0. The molecule has 0 saturated carbocycles. The standard InChI is InChI=1S/C22H20Cl2N2O2S/c1-14-20(13-17-18(23)6-3-7-19(17)24)25-22(26-21(14)27)29-12-4-5-15-8-10-16(28-2)11-9-15/h3-11H,12-13H2,1-2H3,(H,25,26,27)/b5-4+. The molecule has 0 unspecified atom stereocenters. The lowest BCUT2D eigenvalue weighted by molar-refractivity contribution is 0.415. The summed E-state index contributed by atoms with van der Waals surface area (Å²) in [4.78, 5) is 19.8. The smallest absolute Gasteiger partial charge is 0.254 e. The van der Waals surface area contributed by atoms with Gasteiger partial charge in [-0.15, -0.1) is 0 Å². The first-order valence-electron chi connectivity index (χ1n) is 8.94. The zero-order chi connectivity index (χ0) is 20.8. The molecule has 0 aliphatic carbocycles. The summed E-state index contributed by atoms with van der Waals surface area (Å²) in [7, 11) is 1.64. The van der Waals surface area contributed by atoms with Gasteiger partial charge in [-0.1, -0.05) is 65.3 Å². The van der Waals surface area contributed by atoms with Crippen molar-refractivity contribution in [1.29, 1.82) is 0 Å². The summed E-state index contributed by atoms with van der Waals surface area (Å²) in [6.07, 6.45) is 4.45. The SMILES string of the molecule is COc1ccc(/C=C/CSc2nc(Cc3c(Cl)cccc3Cl)c(C)c(=O)[nH]2)cc1. The van der Waals surface area contributed by atoms with Gasteiger partial charge in [0, 0.05) is 27.8 Å². The largest absolute Gasteiger partial charge is 0.497 e. The highest BCUT2D eigenvalue weighted by Gasteiger charge is 2.13. The van der Waals surface area contributed by atoms with Crippen LogP contribution in [0.4, 0.5) is 0 Å². The van der Waals surface area contributed by atoms with Gasteiger partial charge < -0.3 is 9.72 Å². The highest BCUT2D eigenvalue weighted by atomic mass is 35.5. The molecule has 0 atom stereocenters. The van der Waals surface area contributed by atoms with E-state index in [9.17, 15) is 4.79 Å². The van der Waals surface area contributed by atoms with Crippen LogP contribution in [0.1, 0.15) is 22.4 Å². The third kappa shape index (κ3) is 5.66. The normalized spacial score (nSPS) is 11.2. The van der Waals surface area contributed by atoms with Crippen LogP contribution in [0.5, 0.6) is 5.75 Å². The maximum Gasteiger partial charge on any atom is 0.254 e. The summed E-state index contributed by atoms with van der Waals surface area (Å²) in [5, 5.41) is 1.70. The van der Waals surface area contributed by atoms with E-state index in [0.29, 0.717) is 38.6 Å². The minimum absolute atomic E-state index is 0.153. The zero-order valence-corrected chi connectivity index (χ0v) is 18.4. The number of hydrogen-bond acceptors (Lipinski definition) is 4. The Labute approximate surface area is 183 Å².